The van der Waals surface area contributed by atoms with E-state index < -0.39 is 12.0 Å². The van der Waals surface area contributed by atoms with Crippen molar-refractivity contribution in [3.05, 3.63) is 63.1 Å². The number of ether oxygens (including phenoxy) is 1. The van der Waals surface area contributed by atoms with Gasteiger partial charge in [-0.25, -0.2) is 4.79 Å². The molecule has 0 saturated carbocycles. The zero-order valence-electron chi connectivity index (χ0n) is 11.7. The summed E-state index contributed by atoms with van der Waals surface area (Å²) >= 11 is 9.63. The molecule has 0 saturated heterocycles. The monoisotopic (exact) mass is 367 g/mol. The molecule has 0 radical (unpaired) electrons. The number of nitrogens with one attached hydrogen (secondary N) is 1. The Morgan fingerprint density at radius 1 is 1.29 bits per heavy atom. The SMILES string of the molecule is COC(=O)C(Nc1ccccc1C)c1cc(Br)ccc1Cl. The Kier molecular flexibility index (Phi) is 5.26. The number of anilines is 1. The molecule has 0 heterocycles. The Bertz CT molecular complexity index is 660. The van der Waals surface area contributed by atoms with Gasteiger partial charge in [-0.1, -0.05) is 45.7 Å². The molecule has 0 spiro atoms. The number of aryl methyl sites for hydroxylation is 1. The molecular formula is C16H15BrClNO2. The first kappa shape index (κ1) is 15.9. The van der Waals surface area contributed by atoms with Crippen LogP contribution in [0.3, 0.4) is 0 Å². The molecule has 1 atom stereocenters. The minimum Gasteiger partial charge on any atom is -0.467 e. The Hall–Kier alpha value is -1.52. The molecule has 1 N–H and O–H groups in total. The zero-order valence-corrected chi connectivity index (χ0v) is 14.0. The lowest BCUT2D eigenvalue weighted by molar-refractivity contribution is -0.141. The molecule has 1 unspecified atom stereocenters. The highest BCUT2D eigenvalue weighted by Gasteiger charge is 2.24. The molecule has 21 heavy (non-hydrogen) atoms. The van der Waals surface area contributed by atoms with Crippen LogP contribution in [0.2, 0.25) is 5.02 Å². The molecule has 0 aliphatic carbocycles. The van der Waals surface area contributed by atoms with Crippen molar-refractivity contribution in [2.45, 2.75) is 13.0 Å². The molecule has 2 aromatic rings. The van der Waals surface area contributed by atoms with Crippen molar-refractivity contribution in [1.29, 1.82) is 0 Å². The van der Waals surface area contributed by atoms with Gasteiger partial charge in [0.05, 0.1) is 7.11 Å². The summed E-state index contributed by atoms with van der Waals surface area (Å²) in [6.07, 6.45) is 0. The van der Waals surface area contributed by atoms with Crippen molar-refractivity contribution in [3.63, 3.8) is 0 Å². The number of hydrogen-bond donors (Lipinski definition) is 1. The van der Waals surface area contributed by atoms with Crippen LogP contribution in [0.5, 0.6) is 0 Å². The van der Waals surface area contributed by atoms with E-state index in [0.29, 0.717) is 10.6 Å². The molecule has 2 aromatic carbocycles. The van der Waals surface area contributed by atoms with Crippen LogP contribution in [0, 0.1) is 6.92 Å². The normalized spacial score (nSPS) is 11.8. The molecule has 3 nitrogen and oxygen atoms in total. The van der Waals surface area contributed by atoms with E-state index in [4.69, 9.17) is 16.3 Å². The van der Waals surface area contributed by atoms with Gasteiger partial charge < -0.3 is 10.1 Å². The summed E-state index contributed by atoms with van der Waals surface area (Å²) in [5.41, 5.74) is 2.57. The van der Waals surface area contributed by atoms with Crippen LogP contribution in [0.1, 0.15) is 17.2 Å². The number of carbonyl (C=O) groups excluding carboxylic acids is 1. The van der Waals surface area contributed by atoms with Gasteiger partial charge in [0, 0.05) is 20.7 Å². The van der Waals surface area contributed by atoms with Crippen LogP contribution in [0.25, 0.3) is 0 Å². The molecule has 0 aliphatic heterocycles. The highest BCUT2D eigenvalue weighted by Crippen LogP contribution is 2.30. The molecular weight excluding hydrogens is 354 g/mol. The van der Waals surface area contributed by atoms with Crippen molar-refractivity contribution >= 4 is 39.2 Å². The van der Waals surface area contributed by atoms with E-state index in [-0.39, 0.29) is 0 Å². The lowest BCUT2D eigenvalue weighted by Crippen LogP contribution is -2.23. The van der Waals surface area contributed by atoms with E-state index in [9.17, 15) is 4.79 Å². The van der Waals surface area contributed by atoms with Crippen LogP contribution in [0.15, 0.2) is 46.9 Å². The van der Waals surface area contributed by atoms with Gasteiger partial charge in [0.25, 0.3) is 0 Å². The summed E-state index contributed by atoms with van der Waals surface area (Å²) in [5, 5.41) is 3.71. The van der Waals surface area contributed by atoms with E-state index in [1.165, 1.54) is 7.11 Å². The first-order valence-corrected chi connectivity index (χ1v) is 7.55. The van der Waals surface area contributed by atoms with Crippen molar-refractivity contribution in [1.82, 2.24) is 0 Å². The van der Waals surface area contributed by atoms with Crippen LogP contribution in [-0.2, 0) is 9.53 Å². The zero-order chi connectivity index (χ0) is 15.4. The molecule has 5 heteroatoms. The topological polar surface area (TPSA) is 38.3 Å². The summed E-state index contributed by atoms with van der Waals surface area (Å²) in [4.78, 5) is 12.1. The predicted octanol–water partition coefficient (Wildman–Crippen LogP) is 4.74. The third-order valence-electron chi connectivity index (χ3n) is 3.15. The summed E-state index contributed by atoms with van der Waals surface area (Å²) in [6.45, 7) is 1.97. The summed E-state index contributed by atoms with van der Waals surface area (Å²) in [5.74, 6) is -0.391. The van der Waals surface area contributed by atoms with Crippen molar-refractivity contribution in [2.24, 2.45) is 0 Å². The van der Waals surface area contributed by atoms with Crippen molar-refractivity contribution < 1.29 is 9.53 Å². The minimum atomic E-state index is -0.666. The predicted molar refractivity (Wildman–Crippen MR) is 88.7 cm³/mol. The second-order valence-corrected chi connectivity index (χ2v) is 5.90. The molecule has 2 rings (SSSR count). The second kappa shape index (κ2) is 6.96. The number of halogens is 2. The molecule has 0 bridgehead atoms. The number of carbonyl (C=O) groups is 1. The fourth-order valence-corrected chi connectivity index (χ4v) is 2.61. The van der Waals surface area contributed by atoms with Crippen LogP contribution in [-0.4, -0.2) is 13.1 Å². The Balaban J connectivity index is 2.42. The van der Waals surface area contributed by atoms with Gasteiger partial charge in [-0.3, -0.25) is 0 Å². The molecule has 0 amide bonds. The maximum absolute atomic E-state index is 12.1. The third kappa shape index (κ3) is 3.77. The first-order valence-electron chi connectivity index (χ1n) is 6.38. The van der Waals surface area contributed by atoms with Gasteiger partial charge >= 0.3 is 5.97 Å². The highest BCUT2D eigenvalue weighted by atomic mass is 79.9. The first-order chi connectivity index (χ1) is 10.0. The van der Waals surface area contributed by atoms with Crippen LogP contribution < -0.4 is 5.32 Å². The summed E-state index contributed by atoms with van der Waals surface area (Å²) < 4.78 is 5.75. The Labute approximate surface area is 137 Å². The summed E-state index contributed by atoms with van der Waals surface area (Å²) in [7, 11) is 1.36. The average Bonchev–Trinajstić information content (AvgIpc) is 2.48. The van der Waals surface area contributed by atoms with E-state index in [1.54, 1.807) is 6.07 Å². The summed E-state index contributed by atoms with van der Waals surface area (Å²) in [6, 6.07) is 12.5. The lowest BCUT2D eigenvalue weighted by atomic mass is 10.1. The Morgan fingerprint density at radius 2 is 2.00 bits per heavy atom. The largest absolute Gasteiger partial charge is 0.467 e. The number of benzene rings is 2. The second-order valence-electron chi connectivity index (χ2n) is 4.58. The maximum Gasteiger partial charge on any atom is 0.333 e. The highest BCUT2D eigenvalue weighted by molar-refractivity contribution is 9.10. The number of rotatable bonds is 4. The number of hydrogen-bond acceptors (Lipinski definition) is 3. The van der Waals surface area contributed by atoms with Gasteiger partial charge in [-0.05, 0) is 36.8 Å². The Morgan fingerprint density at radius 3 is 2.67 bits per heavy atom. The fourth-order valence-electron chi connectivity index (χ4n) is 2.01. The van der Waals surface area contributed by atoms with E-state index in [0.717, 1.165) is 15.7 Å². The molecule has 0 fully saturated rings. The van der Waals surface area contributed by atoms with E-state index in [1.807, 2.05) is 43.3 Å². The van der Waals surface area contributed by atoms with Crippen molar-refractivity contribution in [3.8, 4) is 0 Å². The van der Waals surface area contributed by atoms with Crippen LogP contribution >= 0.6 is 27.5 Å². The van der Waals surface area contributed by atoms with E-state index >= 15 is 0 Å². The minimum absolute atomic E-state index is 0.391. The third-order valence-corrected chi connectivity index (χ3v) is 3.99. The quantitative estimate of drug-likeness (QED) is 0.792. The smallest absolute Gasteiger partial charge is 0.333 e. The number of methoxy groups -OCH3 is 1. The van der Waals surface area contributed by atoms with Gasteiger partial charge in [-0.15, -0.1) is 0 Å². The molecule has 0 aliphatic rings. The molecule has 110 valence electrons. The maximum atomic E-state index is 12.1. The van der Waals surface area contributed by atoms with Crippen LogP contribution in [0.4, 0.5) is 5.69 Å². The molecule has 0 aromatic heterocycles. The lowest BCUT2D eigenvalue weighted by Gasteiger charge is -2.20. The van der Waals surface area contributed by atoms with Gasteiger partial charge in [0.2, 0.25) is 0 Å². The fraction of sp³-hybridized carbons (Fsp3) is 0.188. The standard InChI is InChI=1S/C16H15BrClNO2/c1-10-5-3-4-6-14(10)19-15(16(20)21-2)12-9-11(17)7-8-13(12)18/h3-9,15,19H,1-2H3. The van der Waals surface area contributed by atoms with Gasteiger partial charge in [0.1, 0.15) is 0 Å². The number of para-hydroxylation sites is 1. The van der Waals surface area contributed by atoms with Gasteiger partial charge in [0.15, 0.2) is 6.04 Å². The average molecular weight is 369 g/mol. The van der Waals surface area contributed by atoms with Crippen molar-refractivity contribution in [2.75, 3.05) is 12.4 Å². The number of esters is 1. The van der Waals surface area contributed by atoms with Gasteiger partial charge in [-0.2, -0.15) is 0 Å². The van der Waals surface area contributed by atoms with E-state index in [2.05, 4.69) is 21.2 Å².